The molecule has 0 amide bonds. The minimum atomic E-state index is -0.841. The molecular formula is C23H26N2O4. The predicted octanol–water partition coefficient (Wildman–Crippen LogP) is 4.00. The molecule has 0 spiro atoms. The fraction of sp³-hybridized carbons (Fsp3) is 0.304. The minimum absolute atomic E-state index is 0.0230. The number of oxazole rings is 1. The molecule has 1 N–H and O–H groups in total. The first-order valence-corrected chi connectivity index (χ1v) is 9.62. The minimum Gasteiger partial charge on any atom is -0.493 e. The first kappa shape index (κ1) is 20.6. The zero-order chi connectivity index (χ0) is 20.6. The van der Waals surface area contributed by atoms with E-state index >= 15 is 0 Å². The van der Waals surface area contributed by atoms with E-state index in [2.05, 4.69) is 4.98 Å². The van der Waals surface area contributed by atoms with Crippen LogP contribution < -0.4 is 4.74 Å². The largest absolute Gasteiger partial charge is 0.493 e. The Morgan fingerprint density at radius 3 is 2.48 bits per heavy atom. The van der Waals surface area contributed by atoms with E-state index in [0.717, 1.165) is 28.3 Å². The van der Waals surface area contributed by atoms with Crippen molar-refractivity contribution in [3.8, 4) is 5.75 Å². The SMILES string of the molecule is Cc1nc(CCOc2cccc(CN(CC(=O)O)Cc3ccccc3)c2)c(C)o1. The van der Waals surface area contributed by atoms with Crippen molar-refractivity contribution in [2.24, 2.45) is 0 Å². The van der Waals surface area contributed by atoms with Crippen molar-refractivity contribution in [3.05, 3.63) is 83.1 Å². The summed E-state index contributed by atoms with van der Waals surface area (Å²) in [5, 5.41) is 9.26. The van der Waals surface area contributed by atoms with Crippen LogP contribution in [-0.4, -0.2) is 34.1 Å². The Morgan fingerprint density at radius 1 is 1.07 bits per heavy atom. The first-order valence-electron chi connectivity index (χ1n) is 9.62. The molecule has 3 aromatic rings. The third-order valence-electron chi connectivity index (χ3n) is 4.52. The number of aryl methyl sites for hydroxylation is 2. The molecule has 152 valence electrons. The van der Waals surface area contributed by atoms with Crippen molar-refractivity contribution in [2.75, 3.05) is 13.2 Å². The number of carbonyl (C=O) groups is 1. The van der Waals surface area contributed by atoms with Crippen LogP contribution in [0.3, 0.4) is 0 Å². The fourth-order valence-corrected chi connectivity index (χ4v) is 3.26. The Morgan fingerprint density at radius 2 is 1.79 bits per heavy atom. The molecule has 6 heteroatoms. The van der Waals surface area contributed by atoms with Crippen LogP contribution in [0, 0.1) is 13.8 Å². The third kappa shape index (κ3) is 6.47. The maximum Gasteiger partial charge on any atom is 0.317 e. The van der Waals surface area contributed by atoms with Gasteiger partial charge in [-0.25, -0.2) is 4.98 Å². The van der Waals surface area contributed by atoms with Gasteiger partial charge in [0.25, 0.3) is 0 Å². The van der Waals surface area contributed by atoms with Crippen molar-refractivity contribution < 1.29 is 19.1 Å². The molecule has 3 rings (SSSR count). The Labute approximate surface area is 170 Å². The smallest absolute Gasteiger partial charge is 0.317 e. The van der Waals surface area contributed by atoms with Crippen LogP contribution in [0.15, 0.2) is 59.0 Å². The highest BCUT2D eigenvalue weighted by Crippen LogP contribution is 2.17. The summed E-state index contributed by atoms with van der Waals surface area (Å²) in [6.45, 7) is 5.31. The Bertz CT molecular complexity index is 937. The van der Waals surface area contributed by atoms with Gasteiger partial charge in [0.15, 0.2) is 5.89 Å². The van der Waals surface area contributed by atoms with Crippen molar-refractivity contribution in [2.45, 2.75) is 33.4 Å². The number of rotatable bonds is 10. The fourth-order valence-electron chi connectivity index (χ4n) is 3.26. The number of carboxylic acids is 1. The van der Waals surface area contributed by atoms with Gasteiger partial charge in [0, 0.05) is 26.4 Å². The van der Waals surface area contributed by atoms with E-state index in [1.165, 1.54) is 0 Å². The number of aromatic nitrogens is 1. The zero-order valence-corrected chi connectivity index (χ0v) is 16.8. The first-order chi connectivity index (χ1) is 14.0. The van der Waals surface area contributed by atoms with Gasteiger partial charge in [0.05, 0.1) is 18.8 Å². The number of carboxylic acid groups (broad SMARTS) is 1. The lowest BCUT2D eigenvalue weighted by Crippen LogP contribution is -2.28. The second-order valence-electron chi connectivity index (χ2n) is 7.01. The molecule has 0 bridgehead atoms. The van der Waals surface area contributed by atoms with Crippen LogP contribution in [0.1, 0.15) is 28.5 Å². The average Bonchev–Trinajstić information content (AvgIpc) is 2.99. The molecule has 1 heterocycles. The van der Waals surface area contributed by atoms with E-state index in [9.17, 15) is 9.90 Å². The lowest BCUT2D eigenvalue weighted by molar-refractivity contribution is -0.138. The molecule has 1 aromatic heterocycles. The second-order valence-corrected chi connectivity index (χ2v) is 7.01. The van der Waals surface area contributed by atoms with Crippen molar-refractivity contribution >= 4 is 5.97 Å². The van der Waals surface area contributed by atoms with Crippen LogP contribution in [0.25, 0.3) is 0 Å². The standard InChI is InChI=1S/C23H26N2O4/c1-17-22(24-18(2)29-17)11-12-28-21-10-6-9-20(13-21)15-25(16-23(26)27)14-19-7-4-3-5-8-19/h3-10,13H,11-12,14-16H2,1-2H3,(H,26,27). The predicted molar refractivity (Wildman–Crippen MR) is 110 cm³/mol. The van der Waals surface area contributed by atoms with Crippen LogP contribution >= 0.6 is 0 Å². The molecule has 0 fully saturated rings. The molecular weight excluding hydrogens is 368 g/mol. The number of ether oxygens (including phenoxy) is 1. The monoisotopic (exact) mass is 394 g/mol. The molecule has 6 nitrogen and oxygen atoms in total. The maximum absolute atomic E-state index is 11.3. The topological polar surface area (TPSA) is 75.8 Å². The molecule has 0 saturated carbocycles. The number of hydrogen-bond acceptors (Lipinski definition) is 5. The van der Waals surface area contributed by atoms with Crippen molar-refractivity contribution in [1.29, 1.82) is 0 Å². The maximum atomic E-state index is 11.3. The zero-order valence-electron chi connectivity index (χ0n) is 16.8. The summed E-state index contributed by atoms with van der Waals surface area (Å²) < 4.78 is 11.3. The molecule has 2 aromatic carbocycles. The summed E-state index contributed by atoms with van der Waals surface area (Å²) in [4.78, 5) is 17.5. The quantitative estimate of drug-likeness (QED) is 0.560. The summed E-state index contributed by atoms with van der Waals surface area (Å²) >= 11 is 0. The molecule has 0 aliphatic heterocycles. The van der Waals surface area contributed by atoms with E-state index in [-0.39, 0.29) is 6.54 Å². The number of benzene rings is 2. The van der Waals surface area contributed by atoms with Gasteiger partial charge in [-0.2, -0.15) is 0 Å². The van der Waals surface area contributed by atoms with Crippen LogP contribution in [0.4, 0.5) is 0 Å². The molecule has 29 heavy (non-hydrogen) atoms. The summed E-state index contributed by atoms with van der Waals surface area (Å²) in [5.74, 6) is 1.41. The Balaban J connectivity index is 1.60. The average molecular weight is 394 g/mol. The van der Waals surface area contributed by atoms with Gasteiger partial charge < -0.3 is 14.3 Å². The Kier molecular flexibility index (Phi) is 7.03. The van der Waals surface area contributed by atoms with Gasteiger partial charge in [-0.05, 0) is 30.2 Å². The summed E-state index contributed by atoms with van der Waals surface area (Å²) in [6, 6.07) is 17.7. The third-order valence-corrected chi connectivity index (χ3v) is 4.52. The highest BCUT2D eigenvalue weighted by atomic mass is 16.5. The molecule has 0 radical (unpaired) electrons. The van der Waals surface area contributed by atoms with Gasteiger partial charge in [0.1, 0.15) is 11.5 Å². The molecule has 0 aliphatic rings. The molecule has 0 saturated heterocycles. The van der Waals surface area contributed by atoms with Gasteiger partial charge in [0.2, 0.25) is 0 Å². The van der Waals surface area contributed by atoms with Gasteiger partial charge in [-0.1, -0.05) is 42.5 Å². The van der Waals surface area contributed by atoms with E-state index < -0.39 is 5.97 Å². The van der Waals surface area contributed by atoms with Crippen LogP contribution in [-0.2, 0) is 24.3 Å². The van der Waals surface area contributed by atoms with Crippen molar-refractivity contribution in [3.63, 3.8) is 0 Å². The second kappa shape index (κ2) is 9.89. The van der Waals surface area contributed by atoms with Gasteiger partial charge in [-0.3, -0.25) is 9.69 Å². The molecule has 0 atom stereocenters. The molecule has 0 unspecified atom stereocenters. The normalized spacial score (nSPS) is 11.0. The van der Waals surface area contributed by atoms with E-state index in [4.69, 9.17) is 9.15 Å². The highest BCUT2D eigenvalue weighted by molar-refractivity contribution is 5.69. The van der Waals surface area contributed by atoms with Crippen LogP contribution in [0.5, 0.6) is 5.75 Å². The van der Waals surface area contributed by atoms with Gasteiger partial charge >= 0.3 is 5.97 Å². The summed E-state index contributed by atoms with van der Waals surface area (Å²) in [5.41, 5.74) is 3.00. The van der Waals surface area contributed by atoms with Crippen LogP contribution in [0.2, 0.25) is 0 Å². The Hall–Kier alpha value is -3.12. The number of hydrogen-bond donors (Lipinski definition) is 1. The lowest BCUT2D eigenvalue weighted by Gasteiger charge is -2.21. The van der Waals surface area contributed by atoms with E-state index in [1.54, 1.807) is 0 Å². The number of aliphatic carboxylic acids is 1. The van der Waals surface area contributed by atoms with E-state index in [1.807, 2.05) is 73.3 Å². The van der Waals surface area contributed by atoms with Gasteiger partial charge in [-0.15, -0.1) is 0 Å². The lowest BCUT2D eigenvalue weighted by atomic mass is 10.1. The highest BCUT2D eigenvalue weighted by Gasteiger charge is 2.12. The summed E-state index contributed by atoms with van der Waals surface area (Å²) in [6.07, 6.45) is 0.673. The molecule has 0 aliphatic carbocycles. The van der Waals surface area contributed by atoms with E-state index in [0.29, 0.717) is 32.0 Å². The number of nitrogens with zero attached hydrogens (tertiary/aromatic N) is 2. The summed E-state index contributed by atoms with van der Waals surface area (Å²) in [7, 11) is 0. The van der Waals surface area contributed by atoms with Crippen molar-refractivity contribution in [1.82, 2.24) is 9.88 Å².